The van der Waals surface area contributed by atoms with E-state index < -0.39 is 0 Å². The molecule has 0 radical (unpaired) electrons. The van der Waals surface area contributed by atoms with E-state index in [1.54, 1.807) is 4.57 Å². The predicted molar refractivity (Wildman–Crippen MR) is 76.9 cm³/mol. The van der Waals surface area contributed by atoms with Crippen molar-refractivity contribution in [2.45, 2.75) is 18.9 Å². The minimum absolute atomic E-state index is 0.105. The zero-order valence-electron chi connectivity index (χ0n) is 10.2. The topological polar surface area (TPSA) is 34.0 Å². The normalized spacial score (nSPS) is 19.6. The van der Waals surface area contributed by atoms with E-state index in [0.29, 0.717) is 0 Å². The largest absolute Gasteiger partial charge is 0.310 e. The van der Waals surface area contributed by atoms with Crippen molar-refractivity contribution < 1.29 is 0 Å². The van der Waals surface area contributed by atoms with Gasteiger partial charge in [-0.3, -0.25) is 4.79 Å². The summed E-state index contributed by atoms with van der Waals surface area (Å²) in [6.45, 7) is 1.00. The van der Waals surface area contributed by atoms with Crippen LogP contribution >= 0.6 is 15.9 Å². The molecule has 94 valence electrons. The summed E-state index contributed by atoms with van der Waals surface area (Å²) in [5.74, 6) is 0. The van der Waals surface area contributed by atoms with Crippen LogP contribution in [-0.2, 0) is 7.05 Å². The van der Waals surface area contributed by atoms with Gasteiger partial charge in [0.2, 0.25) is 0 Å². The lowest BCUT2D eigenvalue weighted by molar-refractivity contribution is 0.633. The van der Waals surface area contributed by atoms with E-state index in [4.69, 9.17) is 0 Å². The van der Waals surface area contributed by atoms with Crippen molar-refractivity contribution >= 4 is 26.8 Å². The first-order valence-corrected chi connectivity index (χ1v) is 6.99. The number of nitrogens with one attached hydrogen (secondary N) is 1. The second kappa shape index (κ2) is 4.52. The van der Waals surface area contributed by atoms with Crippen LogP contribution in [0.15, 0.2) is 33.5 Å². The van der Waals surface area contributed by atoms with Crippen molar-refractivity contribution in [3.8, 4) is 0 Å². The van der Waals surface area contributed by atoms with E-state index in [9.17, 15) is 4.79 Å². The lowest BCUT2D eigenvalue weighted by Crippen LogP contribution is -2.27. The number of para-hydroxylation sites is 1. The Morgan fingerprint density at radius 3 is 3.00 bits per heavy atom. The molecule has 1 saturated heterocycles. The maximum atomic E-state index is 12.4. The minimum Gasteiger partial charge on any atom is -0.310 e. The highest BCUT2D eigenvalue weighted by atomic mass is 79.9. The summed E-state index contributed by atoms with van der Waals surface area (Å²) in [5, 5.41) is 4.50. The molecule has 1 fully saturated rings. The van der Waals surface area contributed by atoms with Crippen molar-refractivity contribution in [3.05, 3.63) is 44.7 Å². The first-order valence-electron chi connectivity index (χ1n) is 6.20. The Kier molecular flexibility index (Phi) is 2.99. The van der Waals surface area contributed by atoms with Crippen molar-refractivity contribution in [2.24, 2.45) is 7.05 Å². The molecular formula is C14H15BrN2O. The molecule has 2 aromatic rings. The molecule has 3 nitrogen and oxygen atoms in total. The van der Waals surface area contributed by atoms with Gasteiger partial charge in [-0.15, -0.1) is 0 Å². The van der Waals surface area contributed by atoms with Crippen LogP contribution in [0.2, 0.25) is 0 Å². The molecule has 0 aliphatic carbocycles. The van der Waals surface area contributed by atoms with Gasteiger partial charge >= 0.3 is 0 Å². The molecule has 1 aliphatic heterocycles. The number of aromatic nitrogens is 1. The van der Waals surface area contributed by atoms with Crippen molar-refractivity contribution in [3.63, 3.8) is 0 Å². The second-order valence-electron chi connectivity index (χ2n) is 4.79. The summed E-state index contributed by atoms with van der Waals surface area (Å²) in [4.78, 5) is 12.4. The molecule has 3 rings (SSSR count). The predicted octanol–water partition coefficient (Wildman–Crippen LogP) is 2.73. The molecule has 4 heteroatoms. The van der Waals surface area contributed by atoms with Gasteiger partial charge in [-0.1, -0.05) is 12.1 Å². The quantitative estimate of drug-likeness (QED) is 0.879. The molecule has 0 spiro atoms. The number of nitrogens with zero attached hydrogens (tertiary/aromatic N) is 1. The summed E-state index contributed by atoms with van der Waals surface area (Å²) in [6, 6.07) is 8.27. The highest BCUT2D eigenvalue weighted by Crippen LogP contribution is 2.26. The number of fused-ring (bicyclic) bond motifs is 1. The first kappa shape index (κ1) is 11.9. The number of pyridine rings is 1. The van der Waals surface area contributed by atoms with E-state index in [-0.39, 0.29) is 11.6 Å². The SMILES string of the molecule is Cn1c(=O)c(C2CCCN2)cc2cccc(Br)c21. The monoisotopic (exact) mass is 306 g/mol. The average molecular weight is 307 g/mol. The van der Waals surface area contributed by atoms with Gasteiger partial charge in [0.1, 0.15) is 0 Å². The molecule has 1 aromatic carbocycles. The van der Waals surface area contributed by atoms with Crippen molar-refractivity contribution in [2.75, 3.05) is 6.54 Å². The van der Waals surface area contributed by atoms with Gasteiger partial charge in [0.05, 0.1) is 5.52 Å². The smallest absolute Gasteiger partial charge is 0.255 e. The fourth-order valence-corrected chi connectivity index (χ4v) is 3.37. The van der Waals surface area contributed by atoms with Crippen LogP contribution in [-0.4, -0.2) is 11.1 Å². The van der Waals surface area contributed by atoms with Crippen LogP contribution in [0.3, 0.4) is 0 Å². The number of hydrogen-bond donors (Lipinski definition) is 1. The molecular weight excluding hydrogens is 292 g/mol. The Morgan fingerprint density at radius 1 is 1.44 bits per heavy atom. The zero-order chi connectivity index (χ0) is 12.7. The van der Waals surface area contributed by atoms with Gasteiger partial charge in [-0.05, 0) is 52.8 Å². The average Bonchev–Trinajstić information content (AvgIpc) is 2.87. The molecule has 0 amide bonds. The fourth-order valence-electron chi connectivity index (χ4n) is 2.73. The number of benzene rings is 1. The molecule has 0 saturated carbocycles. The third kappa shape index (κ3) is 1.80. The Morgan fingerprint density at radius 2 is 2.28 bits per heavy atom. The summed E-state index contributed by atoms with van der Waals surface area (Å²) >= 11 is 3.51. The van der Waals surface area contributed by atoms with E-state index in [1.165, 1.54) is 0 Å². The van der Waals surface area contributed by atoms with Gasteiger partial charge in [-0.25, -0.2) is 0 Å². The van der Waals surface area contributed by atoms with Crippen LogP contribution in [0.5, 0.6) is 0 Å². The molecule has 2 heterocycles. The second-order valence-corrected chi connectivity index (χ2v) is 5.64. The Hall–Kier alpha value is -1.13. The summed E-state index contributed by atoms with van der Waals surface area (Å²) in [5.41, 5.74) is 1.96. The number of hydrogen-bond acceptors (Lipinski definition) is 2. The molecule has 1 aliphatic rings. The van der Waals surface area contributed by atoms with Crippen molar-refractivity contribution in [1.82, 2.24) is 9.88 Å². The fraction of sp³-hybridized carbons (Fsp3) is 0.357. The summed E-state index contributed by atoms with van der Waals surface area (Å²) in [6.07, 6.45) is 2.19. The van der Waals surface area contributed by atoms with Gasteiger partial charge < -0.3 is 9.88 Å². The van der Waals surface area contributed by atoms with Gasteiger partial charge in [0, 0.05) is 23.1 Å². The first-order chi connectivity index (χ1) is 8.68. The molecule has 1 atom stereocenters. The number of halogens is 1. The standard InChI is InChI=1S/C14H15BrN2O/c1-17-13-9(4-2-5-11(13)15)8-10(14(17)18)12-6-3-7-16-12/h2,4-5,8,12,16H,3,6-7H2,1H3. The molecule has 1 aromatic heterocycles. The third-order valence-corrected chi connectivity index (χ3v) is 4.29. The number of aryl methyl sites for hydroxylation is 1. The zero-order valence-corrected chi connectivity index (χ0v) is 11.8. The Labute approximate surface area is 114 Å². The molecule has 1 N–H and O–H groups in total. The van der Waals surface area contributed by atoms with E-state index in [2.05, 4.69) is 27.3 Å². The lowest BCUT2D eigenvalue weighted by Gasteiger charge is -2.14. The minimum atomic E-state index is 0.105. The van der Waals surface area contributed by atoms with Gasteiger partial charge in [0.25, 0.3) is 5.56 Å². The summed E-state index contributed by atoms with van der Waals surface area (Å²) < 4.78 is 2.71. The Bertz CT molecular complexity index is 657. The molecule has 18 heavy (non-hydrogen) atoms. The van der Waals surface area contributed by atoms with Crippen LogP contribution in [0.4, 0.5) is 0 Å². The Balaban J connectivity index is 2.29. The van der Waals surface area contributed by atoms with E-state index in [1.807, 2.05) is 25.2 Å². The highest BCUT2D eigenvalue weighted by molar-refractivity contribution is 9.10. The van der Waals surface area contributed by atoms with Crippen LogP contribution in [0.1, 0.15) is 24.4 Å². The van der Waals surface area contributed by atoms with Gasteiger partial charge in [-0.2, -0.15) is 0 Å². The maximum Gasteiger partial charge on any atom is 0.255 e. The number of rotatable bonds is 1. The van der Waals surface area contributed by atoms with Crippen LogP contribution in [0, 0.1) is 0 Å². The van der Waals surface area contributed by atoms with Gasteiger partial charge in [0.15, 0.2) is 0 Å². The van der Waals surface area contributed by atoms with E-state index in [0.717, 1.165) is 40.3 Å². The molecule has 1 unspecified atom stereocenters. The highest BCUT2D eigenvalue weighted by Gasteiger charge is 2.20. The molecule has 0 bridgehead atoms. The van der Waals surface area contributed by atoms with Crippen LogP contribution in [0.25, 0.3) is 10.9 Å². The maximum absolute atomic E-state index is 12.4. The lowest BCUT2D eigenvalue weighted by atomic mass is 10.0. The van der Waals surface area contributed by atoms with Crippen molar-refractivity contribution in [1.29, 1.82) is 0 Å². The van der Waals surface area contributed by atoms with Crippen LogP contribution < -0.4 is 10.9 Å². The van der Waals surface area contributed by atoms with E-state index >= 15 is 0 Å². The summed E-state index contributed by atoms with van der Waals surface area (Å²) in [7, 11) is 1.84. The third-order valence-electron chi connectivity index (χ3n) is 3.65.